The van der Waals surface area contributed by atoms with Gasteiger partial charge < -0.3 is 20.1 Å². The largest absolute Gasteiger partial charge is 0.464 e. The van der Waals surface area contributed by atoms with Gasteiger partial charge in [-0.25, -0.2) is 0 Å². The predicted molar refractivity (Wildman–Crippen MR) is 122 cm³/mol. The molecule has 8 nitrogen and oxygen atoms in total. The lowest BCUT2D eigenvalue weighted by Crippen LogP contribution is -2.54. The predicted octanol–water partition coefficient (Wildman–Crippen LogP) is 2.49. The molecule has 2 N–H and O–H groups in total. The molecule has 34 heavy (non-hydrogen) atoms. The SMILES string of the molecule is O=C(CC12CC3CC(C1)CC(CC(=O)NCC(=O)OCC1CC1)(C3)C2)NCC(=O)OCC1CC1. The van der Waals surface area contributed by atoms with Crippen molar-refractivity contribution in [1.82, 2.24) is 10.6 Å². The van der Waals surface area contributed by atoms with Gasteiger partial charge in [0.15, 0.2) is 0 Å². The molecule has 0 aliphatic heterocycles. The molecule has 0 aromatic rings. The van der Waals surface area contributed by atoms with Gasteiger partial charge in [-0.15, -0.1) is 0 Å². The topological polar surface area (TPSA) is 111 Å². The van der Waals surface area contributed by atoms with E-state index in [9.17, 15) is 19.2 Å². The van der Waals surface area contributed by atoms with E-state index in [-0.39, 0.29) is 47.7 Å². The monoisotopic (exact) mass is 474 g/mol. The zero-order valence-electron chi connectivity index (χ0n) is 20.1. The minimum Gasteiger partial charge on any atom is -0.464 e. The third kappa shape index (κ3) is 6.11. The molecule has 6 aliphatic rings. The van der Waals surface area contributed by atoms with Crippen molar-refractivity contribution in [3.05, 3.63) is 0 Å². The molecule has 6 rings (SSSR count). The summed E-state index contributed by atoms with van der Waals surface area (Å²) >= 11 is 0. The Bertz CT molecular complexity index is 755. The van der Waals surface area contributed by atoms with Crippen molar-refractivity contribution < 1.29 is 28.7 Å². The number of amides is 2. The maximum atomic E-state index is 12.8. The van der Waals surface area contributed by atoms with Crippen molar-refractivity contribution in [2.24, 2.45) is 34.5 Å². The fraction of sp³-hybridized carbons (Fsp3) is 0.846. The summed E-state index contributed by atoms with van der Waals surface area (Å²) in [5.41, 5.74) is -0.175. The molecule has 0 aromatic heterocycles. The van der Waals surface area contributed by atoms with E-state index in [1.807, 2.05) is 0 Å². The Morgan fingerprint density at radius 2 is 1.09 bits per heavy atom. The highest BCUT2D eigenvalue weighted by atomic mass is 16.5. The molecule has 0 unspecified atom stereocenters. The van der Waals surface area contributed by atoms with Crippen molar-refractivity contribution in [3.63, 3.8) is 0 Å². The van der Waals surface area contributed by atoms with Gasteiger partial charge >= 0.3 is 11.9 Å². The van der Waals surface area contributed by atoms with Crippen LogP contribution in [0, 0.1) is 34.5 Å². The molecule has 0 atom stereocenters. The third-order valence-electron chi connectivity index (χ3n) is 8.59. The molecular formula is C26H38N2O6. The Hall–Kier alpha value is -2.12. The molecule has 188 valence electrons. The number of rotatable bonds is 12. The molecular weight excluding hydrogens is 436 g/mol. The Balaban J connectivity index is 1.10. The van der Waals surface area contributed by atoms with Crippen molar-refractivity contribution in [3.8, 4) is 0 Å². The lowest BCUT2D eigenvalue weighted by molar-refractivity contribution is -0.151. The van der Waals surface area contributed by atoms with Crippen molar-refractivity contribution in [1.29, 1.82) is 0 Å². The molecule has 8 heteroatoms. The average molecular weight is 475 g/mol. The zero-order valence-corrected chi connectivity index (χ0v) is 20.1. The zero-order chi connectivity index (χ0) is 23.8. The van der Waals surface area contributed by atoms with Gasteiger partial charge in [-0.1, -0.05) is 0 Å². The second-order valence-corrected chi connectivity index (χ2v) is 12.1. The molecule has 6 fully saturated rings. The first-order valence-corrected chi connectivity index (χ1v) is 13.2. The molecule has 0 spiro atoms. The molecule has 2 amide bonds. The maximum Gasteiger partial charge on any atom is 0.325 e. The van der Waals surface area contributed by atoms with E-state index >= 15 is 0 Å². The van der Waals surface area contributed by atoms with Crippen LogP contribution in [0.15, 0.2) is 0 Å². The van der Waals surface area contributed by atoms with Gasteiger partial charge in [0, 0.05) is 12.8 Å². The summed E-state index contributed by atoms with van der Waals surface area (Å²) in [4.78, 5) is 49.3. The van der Waals surface area contributed by atoms with E-state index in [0.29, 0.717) is 49.7 Å². The normalized spacial score (nSPS) is 33.3. The number of carbonyl (C=O) groups excluding carboxylic acids is 4. The van der Waals surface area contributed by atoms with Crippen LogP contribution in [0.1, 0.15) is 77.0 Å². The number of hydrogen-bond donors (Lipinski definition) is 2. The van der Waals surface area contributed by atoms with Crippen LogP contribution < -0.4 is 10.6 Å². The smallest absolute Gasteiger partial charge is 0.325 e. The van der Waals surface area contributed by atoms with Gasteiger partial charge in [0.2, 0.25) is 11.8 Å². The van der Waals surface area contributed by atoms with Crippen LogP contribution >= 0.6 is 0 Å². The van der Waals surface area contributed by atoms with Gasteiger partial charge in [0.25, 0.3) is 0 Å². The second kappa shape index (κ2) is 9.50. The first kappa shape index (κ1) is 23.6. The molecule has 0 heterocycles. The second-order valence-electron chi connectivity index (χ2n) is 12.1. The van der Waals surface area contributed by atoms with Gasteiger partial charge in [-0.05, 0) is 98.7 Å². The van der Waals surface area contributed by atoms with Crippen LogP contribution in [-0.4, -0.2) is 50.1 Å². The van der Waals surface area contributed by atoms with Gasteiger partial charge in [0.1, 0.15) is 13.1 Å². The van der Waals surface area contributed by atoms with Gasteiger partial charge in [-0.2, -0.15) is 0 Å². The highest BCUT2D eigenvalue weighted by molar-refractivity contribution is 5.83. The van der Waals surface area contributed by atoms with Gasteiger partial charge in [0.05, 0.1) is 13.2 Å². The number of nitrogens with one attached hydrogen (secondary N) is 2. The molecule has 6 aliphatic carbocycles. The summed E-state index contributed by atoms with van der Waals surface area (Å²) in [7, 11) is 0. The van der Waals surface area contributed by atoms with Gasteiger partial charge in [-0.3, -0.25) is 19.2 Å². The van der Waals surface area contributed by atoms with Crippen LogP contribution in [0.4, 0.5) is 0 Å². The van der Waals surface area contributed by atoms with E-state index in [4.69, 9.17) is 9.47 Å². The molecule has 6 saturated carbocycles. The average Bonchev–Trinajstić information content (AvgIpc) is 3.66. The van der Waals surface area contributed by atoms with E-state index in [2.05, 4.69) is 10.6 Å². The first-order valence-electron chi connectivity index (χ1n) is 13.2. The molecule has 0 saturated heterocycles. The summed E-state index contributed by atoms with van der Waals surface area (Å²) in [5.74, 6) is 1.19. The first-order chi connectivity index (χ1) is 16.3. The highest BCUT2D eigenvalue weighted by Crippen LogP contribution is 2.67. The van der Waals surface area contributed by atoms with Crippen molar-refractivity contribution in [2.45, 2.75) is 77.0 Å². The number of hydrogen-bond acceptors (Lipinski definition) is 6. The minimum atomic E-state index is -0.366. The summed E-state index contributed by atoms with van der Waals surface area (Å²) in [5, 5.41) is 5.54. The van der Waals surface area contributed by atoms with Crippen LogP contribution in [0.5, 0.6) is 0 Å². The summed E-state index contributed by atoms with van der Waals surface area (Å²) in [6.07, 6.45) is 11.5. The van der Waals surface area contributed by atoms with Crippen LogP contribution in [0.2, 0.25) is 0 Å². The van der Waals surface area contributed by atoms with E-state index in [1.54, 1.807) is 0 Å². The fourth-order valence-corrected chi connectivity index (χ4v) is 7.30. The maximum absolute atomic E-state index is 12.8. The Morgan fingerprint density at radius 1 is 0.676 bits per heavy atom. The highest BCUT2D eigenvalue weighted by Gasteiger charge is 2.58. The van der Waals surface area contributed by atoms with E-state index < -0.39 is 0 Å². The number of ether oxygens (including phenoxy) is 2. The van der Waals surface area contributed by atoms with E-state index in [1.165, 1.54) is 6.42 Å². The molecule has 0 radical (unpaired) electrons. The standard InChI is InChI=1S/C26H38N2O6/c29-21(27-12-23(31)33-14-17-1-2-17)10-25-6-19-5-20(7-25)9-26(8-19,16-25)11-22(30)28-13-24(32)34-15-18-3-4-18/h17-20H,1-16H2,(H,27,29)(H,28,30). The number of carbonyl (C=O) groups is 4. The summed E-state index contributed by atoms with van der Waals surface area (Å²) in [6, 6.07) is 0. The van der Waals surface area contributed by atoms with Crippen molar-refractivity contribution >= 4 is 23.8 Å². The summed E-state index contributed by atoms with van der Waals surface area (Å²) in [6.45, 7) is 0.785. The lowest BCUT2D eigenvalue weighted by Gasteiger charge is -2.62. The van der Waals surface area contributed by atoms with Crippen molar-refractivity contribution in [2.75, 3.05) is 26.3 Å². The third-order valence-corrected chi connectivity index (χ3v) is 8.59. The molecule has 4 bridgehead atoms. The molecule has 0 aromatic carbocycles. The van der Waals surface area contributed by atoms with Crippen LogP contribution in [0.25, 0.3) is 0 Å². The fourth-order valence-electron chi connectivity index (χ4n) is 7.30. The van der Waals surface area contributed by atoms with Crippen LogP contribution in [0.3, 0.4) is 0 Å². The lowest BCUT2D eigenvalue weighted by atomic mass is 9.43. The summed E-state index contributed by atoms with van der Waals surface area (Å²) < 4.78 is 10.4. The minimum absolute atomic E-state index is 0.0706. The Labute approximate surface area is 201 Å². The Morgan fingerprint density at radius 3 is 1.47 bits per heavy atom. The number of esters is 2. The Kier molecular flexibility index (Phi) is 6.60. The van der Waals surface area contributed by atoms with E-state index in [0.717, 1.165) is 57.8 Å². The quantitative estimate of drug-likeness (QED) is 0.421. The van der Waals surface area contributed by atoms with Crippen LogP contribution in [-0.2, 0) is 28.7 Å².